The van der Waals surface area contributed by atoms with Crippen molar-refractivity contribution in [3.8, 4) is 0 Å². The zero-order valence-electron chi connectivity index (χ0n) is 11.5. The first-order chi connectivity index (χ1) is 10.2. The number of pyridine rings is 1. The molecule has 3 aromatic rings. The van der Waals surface area contributed by atoms with E-state index in [9.17, 15) is 0 Å². The number of anilines is 1. The third-order valence-corrected chi connectivity index (χ3v) is 3.45. The standard InChI is InChI=1S/C17H14ClN3/c1-12(13-6-9-15(18)10-7-13)20-21-17-11-8-14-4-2-3-5-16(14)19-17/h2-11H,1H3,(H,19,21)/b20-12+. The van der Waals surface area contributed by atoms with Gasteiger partial charge in [0, 0.05) is 10.4 Å². The molecule has 104 valence electrons. The van der Waals surface area contributed by atoms with Gasteiger partial charge in [0.15, 0.2) is 0 Å². The van der Waals surface area contributed by atoms with Gasteiger partial charge in [-0.15, -0.1) is 0 Å². The van der Waals surface area contributed by atoms with Crippen LogP contribution in [0.3, 0.4) is 0 Å². The largest absolute Gasteiger partial charge is 0.261 e. The van der Waals surface area contributed by atoms with Gasteiger partial charge in [-0.3, -0.25) is 5.43 Å². The van der Waals surface area contributed by atoms with Crippen molar-refractivity contribution in [3.63, 3.8) is 0 Å². The van der Waals surface area contributed by atoms with Gasteiger partial charge < -0.3 is 0 Å². The van der Waals surface area contributed by atoms with Crippen molar-refractivity contribution < 1.29 is 0 Å². The smallest absolute Gasteiger partial charge is 0.146 e. The Morgan fingerprint density at radius 1 is 1.00 bits per heavy atom. The summed E-state index contributed by atoms with van der Waals surface area (Å²) >= 11 is 5.88. The first-order valence-electron chi connectivity index (χ1n) is 6.64. The van der Waals surface area contributed by atoms with E-state index in [0.717, 1.165) is 33.0 Å². The minimum atomic E-state index is 0.718. The third-order valence-electron chi connectivity index (χ3n) is 3.20. The zero-order chi connectivity index (χ0) is 14.7. The van der Waals surface area contributed by atoms with Gasteiger partial charge >= 0.3 is 0 Å². The van der Waals surface area contributed by atoms with Crippen molar-refractivity contribution in [2.24, 2.45) is 5.10 Å². The van der Waals surface area contributed by atoms with Crippen LogP contribution in [0, 0.1) is 0 Å². The lowest BCUT2D eigenvalue weighted by molar-refractivity contribution is 1.25. The predicted octanol–water partition coefficient (Wildman–Crippen LogP) is 4.72. The third kappa shape index (κ3) is 3.20. The topological polar surface area (TPSA) is 37.3 Å². The molecular formula is C17H14ClN3. The fraction of sp³-hybridized carbons (Fsp3) is 0.0588. The highest BCUT2D eigenvalue weighted by atomic mass is 35.5. The molecule has 0 atom stereocenters. The molecule has 0 unspecified atom stereocenters. The van der Waals surface area contributed by atoms with Gasteiger partial charge in [-0.1, -0.05) is 41.9 Å². The molecule has 3 rings (SSSR count). The normalized spacial score (nSPS) is 11.6. The molecule has 4 heteroatoms. The Kier molecular flexibility index (Phi) is 3.84. The van der Waals surface area contributed by atoms with Gasteiger partial charge in [-0.25, -0.2) is 4.98 Å². The maximum Gasteiger partial charge on any atom is 0.146 e. The van der Waals surface area contributed by atoms with Crippen molar-refractivity contribution >= 4 is 34.0 Å². The van der Waals surface area contributed by atoms with Crippen LogP contribution in [0.2, 0.25) is 5.02 Å². The molecule has 0 spiro atoms. The molecule has 3 nitrogen and oxygen atoms in total. The monoisotopic (exact) mass is 295 g/mol. The van der Waals surface area contributed by atoms with E-state index in [1.165, 1.54) is 0 Å². The summed E-state index contributed by atoms with van der Waals surface area (Å²) in [6, 6.07) is 19.5. The second-order valence-electron chi connectivity index (χ2n) is 4.71. The van der Waals surface area contributed by atoms with Crippen molar-refractivity contribution in [2.75, 3.05) is 5.43 Å². The summed E-state index contributed by atoms with van der Waals surface area (Å²) < 4.78 is 0. The first kappa shape index (κ1) is 13.6. The van der Waals surface area contributed by atoms with E-state index >= 15 is 0 Å². The van der Waals surface area contributed by atoms with Crippen LogP contribution >= 0.6 is 11.6 Å². The fourth-order valence-corrected chi connectivity index (χ4v) is 2.15. The van der Waals surface area contributed by atoms with Crippen LogP contribution in [0.25, 0.3) is 10.9 Å². The second kappa shape index (κ2) is 5.94. The highest BCUT2D eigenvalue weighted by Crippen LogP contribution is 2.15. The molecule has 2 aromatic carbocycles. The number of rotatable bonds is 3. The first-order valence-corrected chi connectivity index (χ1v) is 7.02. The number of hydrogen-bond donors (Lipinski definition) is 1. The fourth-order valence-electron chi connectivity index (χ4n) is 2.03. The minimum Gasteiger partial charge on any atom is -0.261 e. The van der Waals surface area contributed by atoms with Gasteiger partial charge in [-0.2, -0.15) is 5.10 Å². The van der Waals surface area contributed by atoms with Gasteiger partial charge in [0.2, 0.25) is 0 Å². The molecule has 0 amide bonds. The van der Waals surface area contributed by atoms with Crippen LogP contribution in [-0.4, -0.2) is 10.7 Å². The molecule has 0 aliphatic rings. The van der Waals surface area contributed by atoms with Crippen LogP contribution in [0.15, 0.2) is 65.8 Å². The Hall–Kier alpha value is -2.39. The maximum atomic E-state index is 5.88. The number of hydrogen-bond acceptors (Lipinski definition) is 3. The Morgan fingerprint density at radius 2 is 1.76 bits per heavy atom. The van der Waals surface area contributed by atoms with Crippen LogP contribution < -0.4 is 5.43 Å². The molecule has 1 N–H and O–H groups in total. The Bertz CT molecular complexity index is 794. The van der Waals surface area contributed by atoms with Gasteiger partial charge in [0.05, 0.1) is 11.2 Å². The number of benzene rings is 2. The minimum absolute atomic E-state index is 0.718. The highest BCUT2D eigenvalue weighted by molar-refractivity contribution is 6.30. The van der Waals surface area contributed by atoms with Crippen LogP contribution in [0.5, 0.6) is 0 Å². The lowest BCUT2D eigenvalue weighted by Crippen LogP contribution is -2.00. The summed E-state index contributed by atoms with van der Waals surface area (Å²) in [7, 11) is 0. The average molecular weight is 296 g/mol. The highest BCUT2D eigenvalue weighted by Gasteiger charge is 1.99. The van der Waals surface area contributed by atoms with E-state index in [1.54, 1.807) is 0 Å². The van der Waals surface area contributed by atoms with Crippen molar-refractivity contribution in [1.29, 1.82) is 0 Å². The number of nitrogens with one attached hydrogen (secondary N) is 1. The van der Waals surface area contributed by atoms with Crippen LogP contribution in [0.1, 0.15) is 12.5 Å². The molecule has 0 saturated carbocycles. The van der Waals surface area contributed by atoms with E-state index in [-0.39, 0.29) is 0 Å². The molecular weight excluding hydrogens is 282 g/mol. The van der Waals surface area contributed by atoms with E-state index in [1.807, 2.05) is 67.6 Å². The number of aromatic nitrogens is 1. The predicted molar refractivity (Wildman–Crippen MR) is 89.0 cm³/mol. The summed E-state index contributed by atoms with van der Waals surface area (Å²) in [5, 5.41) is 6.19. The van der Waals surface area contributed by atoms with Crippen molar-refractivity contribution in [1.82, 2.24) is 4.98 Å². The van der Waals surface area contributed by atoms with E-state index < -0.39 is 0 Å². The summed E-state index contributed by atoms with van der Waals surface area (Å²) in [4.78, 5) is 4.52. The molecule has 0 aliphatic heterocycles. The van der Waals surface area contributed by atoms with Gasteiger partial charge in [0.1, 0.15) is 5.82 Å². The van der Waals surface area contributed by atoms with E-state index in [4.69, 9.17) is 11.6 Å². The summed E-state index contributed by atoms with van der Waals surface area (Å²) in [6.07, 6.45) is 0. The van der Waals surface area contributed by atoms with Crippen molar-refractivity contribution in [3.05, 3.63) is 71.2 Å². The molecule has 1 heterocycles. The Labute approximate surface area is 128 Å². The Balaban J connectivity index is 1.81. The molecule has 1 aromatic heterocycles. The number of para-hydroxylation sites is 1. The number of nitrogens with zero attached hydrogens (tertiary/aromatic N) is 2. The van der Waals surface area contributed by atoms with Crippen molar-refractivity contribution in [2.45, 2.75) is 6.92 Å². The average Bonchev–Trinajstić information content (AvgIpc) is 2.53. The number of hydrazone groups is 1. The molecule has 0 fully saturated rings. The lowest BCUT2D eigenvalue weighted by Gasteiger charge is -2.04. The molecule has 0 radical (unpaired) electrons. The summed E-state index contributed by atoms with van der Waals surface area (Å²) in [5.41, 5.74) is 5.84. The maximum absolute atomic E-state index is 5.88. The number of fused-ring (bicyclic) bond motifs is 1. The summed E-state index contributed by atoms with van der Waals surface area (Å²) in [5.74, 6) is 0.724. The molecule has 21 heavy (non-hydrogen) atoms. The lowest BCUT2D eigenvalue weighted by atomic mass is 10.1. The van der Waals surface area contributed by atoms with Crippen LogP contribution in [0.4, 0.5) is 5.82 Å². The van der Waals surface area contributed by atoms with Gasteiger partial charge in [0.25, 0.3) is 0 Å². The molecule has 0 aliphatic carbocycles. The zero-order valence-corrected chi connectivity index (χ0v) is 12.3. The van der Waals surface area contributed by atoms with Crippen LogP contribution in [-0.2, 0) is 0 Å². The molecule has 0 saturated heterocycles. The van der Waals surface area contributed by atoms with E-state index in [2.05, 4.69) is 15.5 Å². The molecule has 0 bridgehead atoms. The SMILES string of the molecule is C/C(=N\Nc1ccc2ccccc2n1)c1ccc(Cl)cc1. The Morgan fingerprint density at radius 3 is 2.57 bits per heavy atom. The summed E-state index contributed by atoms with van der Waals surface area (Å²) in [6.45, 7) is 1.94. The number of halogens is 1. The van der Waals surface area contributed by atoms with Gasteiger partial charge in [-0.05, 0) is 42.8 Å². The second-order valence-corrected chi connectivity index (χ2v) is 5.14. The van der Waals surface area contributed by atoms with E-state index in [0.29, 0.717) is 0 Å². The quantitative estimate of drug-likeness (QED) is 0.560.